The Morgan fingerprint density at radius 3 is 2.33 bits per heavy atom. The van der Waals surface area contributed by atoms with Crippen LogP contribution in [0.25, 0.3) is 0 Å². The van der Waals surface area contributed by atoms with Gasteiger partial charge in [0.25, 0.3) is 5.91 Å². The lowest BCUT2D eigenvalue weighted by molar-refractivity contribution is -0.112. The molecule has 1 N–H and O–H groups in total. The minimum atomic E-state index is -0.430. The Kier molecular flexibility index (Phi) is 7.45. The highest BCUT2D eigenvalue weighted by Gasteiger charge is 2.51. The number of nitrogens with zero attached hydrogens (tertiary/aromatic N) is 1. The summed E-state index contributed by atoms with van der Waals surface area (Å²) in [5.41, 5.74) is 2.71. The maximum absolute atomic E-state index is 12.6. The van der Waals surface area contributed by atoms with Crippen LogP contribution in [0.4, 0.5) is 5.69 Å². The number of carbonyl (C=O) groups excluding carboxylic acids is 2. The van der Waals surface area contributed by atoms with Gasteiger partial charge in [-0.3, -0.25) is 9.69 Å². The molecule has 4 aliphatic carbocycles. The molecule has 5 fully saturated rings. The Hall–Kier alpha value is -3.16. The maximum Gasteiger partial charge on any atom is 0.339 e. The lowest BCUT2D eigenvalue weighted by Gasteiger charge is -2.57. The van der Waals surface area contributed by atoms with Crippen molar-refractivity contribution < 1.29 is 23.8 Å². The Balaban J connectivity index is 1.00. The number of amides is 1. The van der Waals surface area contributed by atoms with Crippen molar-refractivity contribution in [2.45, 2.75) is 57.1 Å². The molecular weight excluding hydrogens is 492 g/mol. The summed E-state index contributed by atoms with van der Waals surface area (Å²) in [5.74, 6) is 2.69. The van der Waals surface area contributed by atoms with Crippen LogP contribution in [0, 0.1) is 17.8 Å². The molecule has 4 saturated carbocycles. The van der Waals surface area contributed by atoms with Gasteiger partial charge in [-0.25, -0.2) is 4.79 Å². The van der Waals surface area contributed by atoms with Crippen LogP contribution in [0.2, 0.25) is 0 Å². The molecule has 7 heteroatoms. The van der Waals surface area contributed by atoms with Gasteiger partial charge < -0.3 is 19.5 Å². The predicted octanol–water partition coefficient (Wildman–Crippen LogP) is 5.52. The molecule has 1 unspecified atom stereocenters. The van der Waals surface area contributed by atoms with Crippen molar-refractivity contribution in [3.63, 3.8) is 0 Å². The van der Waals surface area contributed by atoms with Crippen LogP contribution in [0.5, 0.6) is 5.75 Å². The highest BCUT2D eigenvalue weighted by Crippen LogP contribution is 2.60. The second kappa shape index (κ2) is 11.1. The van der Waals surface area contributed by atoms with Crippen molar-refractivity contribution in [1.29, 1.82) is 0 Å². The van der Waals surface area contributed by atoms with Crippen LogP contribution in [0.15, 0.2) is 60.9 Å². The van der Waals surface area contributed by atoms with E-state index in [1.54, 1.807) is 24.3 Å². The van der Waals surface area contributed by atoms with E-state index in [0.717, 1.165) is 30.8 Å². The monoisotopic (exact) mass is 530 g/mol. The number of rotatable bonds is 8. The fourth-order valence-electron chi connectivity index (χ4n) is 7.67. The Morgan fingerprint density at radius 2 is 1.67 bits per heavy atom. The highest BCUT2D eigenvalue weighted by molar-refractivity contribution is 6.00. The van der Waals surface area contributed by atoms with Crippen molar-refractivity contribution in [2.75, 3.05) is 31.6 Å². The van der Waals surface area contributed by atoms with Gasteiger partial charge in [0.2, 0.25) is 0 Å². The summed E-state index contributed by atoms with van der Waals surface area (Å²) in [6, 6.07) is 15.2. The van der Waals surface area contributed by atoms with Crippen LogP contribution in [0.3, 0.4) is 0 Å². The molecule has 1 amide bonds. The van der Waals surface area contributed by atoms with Crippen molar-refractivity contribution in [3.05, 3.63) is 72.0 Å². The predicted molar refractivity (Wildman–Crippen MR) is 148 cm³/mol. The summed E-state index contributed by atoms with van der Waals surface area (Å²) in [4.78, 5) is 27.2. The lowest BCUT2D eigenvalue weighted by Crippen LogP contribution is -2.48. The molecule has 7 nitrogen and oxygen atoms in total. The summed E-state index contributed by atoms with van der Waals surface area (Å²) in [5, 5.41) is 2.78. The summed E-state index contributed by atoms with van der Waals surface area (Å²) in [7, 11) is 0. The smallest absolute Gasteiger partial charge is 0.339 e. The largest absolute Gasteiger partial charge is 0.465 e. The number of hydrogen-bond donors (Lipinski definition) is 1. The normalized spacial score (nSPS) is 28.8. The number of nitrogens with one attached hydrogen (secondary N) is 1. The van der Waals surface area contributed by atoms with Gasteiger partial charge in [0, 0.05) is 24.9 Å². The number of benzene rings is 2. The van der Waals surface area contributed by atoms with E-state index < -0.39 is 5.97 Å². The summed E-state index contributed by atoms with van der Waals surface area (Å²) in [6.45, 7) is 4.58. The Labute approximate surface area is 230 Å². The van der Waals surface area contributed by atoms with E-state index in [0.29, 0.717) is 35.6 Å². The number of morpholine rings is 1. The first-order valence-electron chi connectivity index (χ1n) is 14.3. The van der Waals surface area contributed by atoms with Crippen LogP contribution >= 0.6 is 0 Å². The van der Waals surface area contributed by atoms with Gasteiger partial charge in [-0.2, -0.15) is 0 Å². The van der Waals surface area contributed by atoms with Crippen molar-refractivity contribution >= 4 is 17.6 Å². The highest BCUT2D eigenvalue weighted by atomic mass is 16.6. The zero-order valence-electron chi connectivity index (χ0n) is 22.6. The minimum Gasteiger partial charge on any atom is -0.465 e. The molecule has 1 saturated heterocycles. The molecular formula is C32H38N2O5. The molecule has 2 aromatic carbocycles. The topological polar surface area (TPSA) is 77.1 Å². The molecule has 0 aromatic heterocycles. The molecule has 206 valence electrons. The van der Waals surface area contributed by atoms with Gasteiger partial charge in [0.05, 0.1) is 25.0 Å². The third kappa shape index (κ3) is 5.89. The van der Waals surface area contributed by atoms with Crippen molar-refractivity contribution in [2.24, 2.45) is 17.8 Å². The molecule has 4 bridgehead atoms. The number of ether oxygens (including phenoxy) is 3. The SMILES string of the molecule is CC(OC(=O)c1cccc(NC(=O)C=COc2ccc(C34CC5CC(CC(C5)C3)C4)cc2)c1)N1CCOCC1. The second-order valence-electron chi connectivity index (χ2n) is 11.9. The first kappa shape index (κ1) is 26.1. The van der Waals surface area contributed by atoms with E-state index in [1.807, 2.05) is 19.1 Å². The average molecular weight is 531 g/mol. The van der Waals surface area contributed by atoms with Gasteiger partial charge in [0.1, 0.15) is 5.75 Å². The lowest BCUT2D eigenvalue weighted by atomic mass is 9.48. The standard InChI is InChI=1S/C32H38N2O5/c1-22(34-10-13-37-14-11-34)39-31(36)26-3-2-4-28(18-26)33-30(35)9-12-38-29-7-5-27(6-8-29)32-19-23-15-24(20-32)17-25(16-23)21-32/h2-9,12,18,22-25H,10-11,13-17,19-21H2,1H3,(H,33,35). The summed E-state index contributed by atoms with van der Waals surface area (Å²) < 4.78 is 16.7. The second-order valence-corrected chi connectivity index (χ2v) is 11.9. The number of hydrogen-bond acceptors (Lipinski definition) is 6. The first-order chi connectivity index (χ1) is 19.0. The molecule has 1 atom stereocenters. The van der Waals surface area contributed by atoms with Gasteiger partial charge >= 0.3 is 5.97 Å². The number of esters is 1. The van der Waals surface area contributed by atoms with E-state index in [4.69, 9.17) is 14.2 Å². The van der Waals surface area contributed by atoms with Gasteiger partial charge in [-0.1, -0.05) is 18.2 Å². The Bertz CT molecular complexity index is 1180. The number of anilines is 1. The van der Waals surface area contributed by atoms with E-state index in [9.17, 15) is 9.59 Å². The minimum absolute atomic E-state index is 0.340. The van der Waals surface area contributed by atoms with E-state index >= 15 is 0 Å². The van der Waals surface area contributed by atoms with E-state index in [2.05, 4.69) is 22.3 Å². The molecule has 2 aromatic rings. The molecule has 7 rings (SSSR count). The number of carbonyl (C=O) groups is 2. The zero-order chi connectivity index (χ0) is 26.8. The van der Waals surface area contributed by atoms with Crippen LogP contribution in [-0.2, 0) is 19.7 Å². The summed E-state index contributed by atoms with van der Waals surface area (Å²) in [6.07, 6.45) is 10.7. The quantitative estimate of drug-likeness (QED) is 0.275. The van der Waals surface area contributed by atoms with E-state index in [1.165, 1.54) is 56.4 Å². The fraction of sp³-hybridized carbons (Fsp3) is 0.500. The first-order valence-corrected chi connectivity index (χ1v) is 14.3. The zero-order valence-corrected chi connectivity index (χ0v) is 22.6. The van der Waals surface area contributed by atoms with Crippen LogP contribution in [0.1, 0.15) is 61.4 Å². The average Bonchev–Trinajstić information content (AvgIpc) is 2.93. The fourth-order valence-corrected chi connectivity index (χ4v) is 7.67. The molecule has 5 aliphatic rings. The Morgan fingerprint density at radius 1 is 1.00 bits per heavy atom. The van der Waals surface area contributed by atoms with Crippen LogP contribution < -0.4 is 10.1 Å². The van der Waals surface area contributed by atoms with Gasteiger partial charge in [-0.05, 0) is 105 Å². The van der Waals surface area contributed by atoms with Crippen LogP contribution in [-0.4, -0.2) is 49.3 Å². The molecule has 39 heavy (non-hydrogen) atoms. The van der Waals surface area contributed by atoms with Gasteiger partial charge in [-0.15, -0.1) is 0 Å². The molecule has 1 heterocycles. The van der Waals surface area contributed by atoms with Crippen molar-refractivity contribution in [1.82, 2.24) is 4.90 Å². The third-order valence-electron chi connectivity index (χ3n) is 9.13. The molecule has 0 radical (unpaired) electrons. The third-order valence-corrected chi connectivity index (χ3v) is 9.13. The maximum atomic E-state index is 12.6. The van der Waals surface area contributed by atoms with Gasteiger partial charge in [0.15, 0.2) is 6.23 Å². The van der Waals surface area contributed by atoms with E-state index in [-0.39, 0.29) is 12.1 Å². The molecule has 0 spiro atoms. The summed E-state index contributed by atoms with van der Waals surface area (Å²) >= 11 is 0. The van der Waals surface area contributed by atoms with Crippen molar-refractivity contribution in [3.8, 4) is 5.75 Å². The molecule has 1 aliphatic heterocycles.